The van der Waals surface area contributed by atoms with Crippen molar-refractivity contribution >= 4 is 21.9 Å². The summed E-state index contributed by atoms with van der Waals surface area (Å²) in [6, 6.07) is 23.7. The highest BCUT2D eigenvalue weighted by Gasteiger charge is 2.14. The van der Waals surface area contributed by atoms with Crippen LogP contribution in [0.15, 0.2) is 72.9 Å². The molecule has 0 bridgehead atoms. The van der Waals surface area contributed by atoms with Crippen molar-refractivity contribution in [2.24, 2.45) is 0 Å². The maximum atomic E-state index is 4.84. The zero-order chi connectivity index (χ0) is 17.7. The van der Waals surface area contributed by atoms with Gasteiger partial charge in [-0.3, -0.25) is 4.57 Å². The monoisotopic (exact) mass is 337 g/mol. The van der Waals surface area contributed by atoms with E-state index in [-0.39, 0.29) is 0 Å². The molecule has 0 atom stereocenters. The first kappa shape index (κ1) is 15.0. The quantitative estimate of drug-likeness (QED) is 0.434. The van der Waals surface area contributed by atoms with Crippen LogP contribution in [0.5, 0.6) is 0 Å². The normalized spacial score (nSPS) is 11.5. The van der Waals surface area contributed by atoms with Crippen molar-refractivity contribution in [2.75, 3.05) is 0 Å². The van der Waals surface area contributed by atoms with Gasteiger partial charge in [0.15, 0.2) is 0 Å². The van der Waals surface area contributed by atoms with Crippen LogP contribution in [0.1, 0.15) is 11.3 Å². The van der Waals surface area contributed by atoms with Crippen molar-refractivity contribution in [1.82, 2.24) is 14.5 Å². The molecule has 5 rings (SSSR count). The van der Waals surface area contributed by atoms with E-state index < -0.39 is 0 Å². The van der Waals surface area contributed by atoms with Crippen LogP contribution < -0.4 is 0 Å². The molecule has 3 aromatic heterocycles. The Kier molecular flexibility index (Phi) is 3.22. The highest BCUT2D eigenvalue weighted by Crippen LogP contribution is 2.32. The van der Waals surface area contributed by atoms with Crippen molar-refractivity contribution in [2.45, 2.75) is 13.8 Å². The highest BCUT2D eigenvalue weighted by molar-refractivity contribution is 5.89. The lowest BCUT2D eigenvalue weighted by Gasteiger charge is -2.11. The summed E-state index contributed by atoms with van der Waals surface area (Å²) in [7, 11) is 0. The molecule has 126 valence electrons. The second-order valence-corrected chi connectivity index (χ2v) is 6.85. The summed E-state index contributed by atoms with van der Waals surface area (Å²) < 4.78 is 2.26. The van der Waals surface area contributed by atoms with Gasteiger partial charge < -0.3 is 4.98 Å². The molecule has 0 saturated carbocycles. The zero-order valence-electron chi connectivity index (χ0n) is 14.8. The van der Waals surface area contributed by atoms with Crippen LogP contribution in [0.25, 0.3) is 38.9 Å². The number of aromatic amines is 1. The van der Waals surface area contributed by atoms with Crippen LogP contribution in [-0.4, -0.2) is 14.5 Å². The number of benzene rings is 2. The second kappa shape index (κ2) is 5.60. The lowest BCUT2D eigenvalue weighted by Crippen LogP contribution is -1.98. The van der Waals surface area contributed by atoms with Gasteiger partial charge >= 0.3 is 0 Å². The van der Waals surface area contributed by atoms with E-state index in [9.17, 15) is 0 Å². The molecule has 1 N–H and O–H groups in total. The molecule has 0 amide bonds. The van der Waals surface area contributed by atoms with Gasteiger partial charge in [-0.2, -0.15) is 0 Å². The number of rotatable bonds is 2. The number of nitrogens with one attached hydrogen (secondary N) is 1. The molecular weight excluding hydrogens is 318 g/mol. The fraction of sp³-hybridized carbons (Fsp3) is 0.0870. The summed E-state index contributed by atoms with van der Waals surface area (Å²) in [5.74, 6) is 0. The van der Waals surface area contributed by atoms with E-state index in [1.807, 2.05) is 13.1 Å². The lowest BCUT2D eigenvalue weighted by atomic mass is 10.1. The Labute approximate surface area is 151 Å². The third-order valence-corrected chi connectivity index (χ3v) is 4.93. The third kappa shape index (κ3) is 2.32. The van der Waals surface area contributed by atoms with Crippen LogP contribution in [0, 0.1) is 13.8 Å². The zero-order valence-corrected chi connectivity index (χ0v) is 14.8. The van der Waals surface area contributed by atoms with Crippen molar-refractivity contribution < 1.29 is 0 Å². The molecule has 0 aliphatic carbocycles. The molecule has 2 aromatic carbocycles. The van der Waals surface area contributed by atoms with Crippen LogP contribution in [0.2, 0.25) is 0 Å². The Morgan fingerprint density at radius 2 is 1.65 bits per heavy atom. The average Bonchev–Trinajstić information content (AvgIpc) is 3.25. The predicted octanol–water partition coefficient (Wildman–Crippen LogP) is 5.79. The first-order valence-corrected chi connectivity index (χ1v) is 8.83. The van der Waals surface area contributed by atoms with Gasteiger partial charge in [0.1, 0.15) is 5.65 Å². The molecule has 3 nitrogen and oxygen atoms in total. The number of nitrogens with zero attached hydrogens (tertiary/aromatic N) is 2. The maximum absolute atomic E-state index is 4.84. The van der Waals surface area contributed by atoms with Gasteiger partial charge in [-0.1, -0.05) is 29.8 Å². The van der Waals surface area contributed by atoms with Gasteiger partial charge in [0.2, 0.25) is 0 Å². The number of hydrogen-bond acceptors (Lipinski definition) is 1. The summed E-state index contributed by atoms with van der Waals surface area (Å²) in [5, 5.41) is 2.35. The van der Waals surface area contributed by atoms with E-state index in [2.05, 4.69) is 83.2 Å². The first-order valence-electron chi connectivity index (χ1n) is 8.83. The summed E-state index contributed by atoms with van der Waals surface area (Å²) in [6.07, 6.45) is 1.98. The smallest absolute Gasteiger partial charge is 0.145 e. The summed E-state index contributed by atoms with van der Waals surface area (Å²) in [4.78, 5) is 8.10. The van der Waals surface area contributed by atoms with E-state index in [4.69, 9.17) is 4.98 Å². The molecule has 0 fully saturated rings. The summed E-state index contributed by atoms with van der Waals surface area (Å²) >= 11 is 0. The average molecular weight is 337 g/mol. The largest absolute Gasteiger partial charge is 0.361 e. The minimum atomic E-state index is 0.996. The van der Waals surface area contributed by atoms with Crippen LogP contribution in [0.3, 0.4) is 0 Å². The molecule has 0 unspecified atom stereocenters. The molecule has 3 heterocycles. The standard InChI is InChI=1S/C23H19N3/c1-15-3-6-17(7-4-15)22-14-19-8-5-16(2)25-23(19)26(22)20-9-10-21-18(13-20)11-12-24-21/h3-14,24H,1-2H3. The predicted molar refractivity (Wildman–Crippen MR) is 108 cm³/mol. The van der Waals surface area contributed by atoms with Gasteiger partial charge in [0, 0.05) is 33.9 Å². The molecule has 0 aliphatic rings. The van der Waals surface area contributed by atoms with E-state index in [1.165, 1.54) is 16.5 Å². The molecule has 0 spiro atoms. The number of aromatic nitrogens is 3. The Morgan fingerprint density at radius 1 is 0.808 bits per heavy atom. The van der Waals surface area contributed by atoms with Gasteiger partial charge in [-0.25, -0.2) is 4.98 Å². The Balaban J connectivity index is 1.84. The third-order valence-electron chi connectivity index (χ3n) is 4.93. The molecule has 0 saturated heterocycles. The molecular formula is C23H19N3. The maximum Gasteiger partial charge on any atom is 0.145 e. The van der Waals surface area contributed by atoms with Crippen molar-refractivity contribution in [3.8, 4) is 16.9 Å². The SMILES string of the molecule is Cc1ccc(-c2cc3ccc(C)nc3n2-c2ccc3[nH]ccc3c2)cc1. The molecule has 26 heavy (non-hydrogen) atoms. The number of H-pyrrole nitrogens is 1. The Bertz CT molecular complexity index is 1240. The van der Waals surface area contributed by atoms with E-state index >= 15 is 0 Å². The first-order chi connectivity index (χ1) is 12.7. The summed E-state index contributed by atoms with van der Waals surface area (Å²) in [5.41, 5.74) is 7.91. The Morgan fingerprint density at radius 3 is 2.50 bits per heavy atom. The van der Waals surface area contributed by atoms with Crippen molar-refractivity contribution in [3.05, 3.63) is 84.2 Å². The highest BCUT2D eigenvalue weighted by atomic mass is 15.1. The van der Waals surface area contributed by atoms with E-state index in [0.29, 0.717) is 0 Å². The molecule has 5 aromatic rings. The number of fused-ring (bicyclic) bond motifs is 2. The Hall–Kier alpha value is -3.33. The number of aryl methyl sites for hydroxylation is 2. The van der Waals surface area contributed by atoms with Crippen molar-refractivity contribution in [1.29, 1.82) is 0 Å². The summed E-state index contributed by atoms with van der Waals surface area (Å²) in [6.45, 7) is 4.15. The minimum Gasteiger partial charge on any atom is -0.361 e. The van der Waals surface area contributed by atoms with Crippen LogP contribution >= 0.6 is 0 Å². The molecule has 0 radical (unpaired) electrons. The number of hydrogen-bond donors (Lipinski definition) is 1. The topological polar surface area (TPSA) is 33.6 Å². The molecule has 3 heteroatoms. The minimum absolute atomic E-state index is 0.996. The van der Waals surface area contributed by atoms with Gasteiger partial charge in [0.05, 0.1) is 5.69 Å². The van der Waals surface area contributed by atoms with Gasteiger partial charge in [0.25, 0.3) is 0 Å². The van der Waals surface area contributed by atoms with Gasteiger partial charge in [-0.15, -0.1) is 0 Å². The van der Waals surface area contributed by atoms with E-state index in [1.54, 1.807) is 0 Å². The van der Waals surface area contributed by atoms with Crippen molar-refractivity contribution in [3.63, 3.8) is 0 Å². The van der Waals surface area contributed by atoms with E-state index in [0.717, 1.165) is 33.6 Å². The lowest BCUT2D eigenvalue weighted by molar-refractivity contribution is 1.08. The van der Waals surface area contributed by atoms with Crippen LogP contribution in [-0.2, 0) is 0 Å². The number of pyridine rings is 1. The fourth-order valence-corrected chi connectivity index (χ4v) is 3.55. The fourth-order valence-electron chi connectivity index (χ4n) is 3.55. The van der Waals surface area contributed by atoms with Crippen LogP contribution in [0.4, 0.5) is 0 Å². The van der Waals surface area contributed by atoms with Gasteiger partial charge in [-0.05, 0) is 61.9 Å². The molecule has 0 aliphatic heterocycles. The second-order valence-electron chi connectivity index (χ2n) is 6.85.